The number of ether oxygens (including phenoxy) is 2. The van der Waals surface area contributed by atoms with Crippen LogP contribution in [0, 0.1) is 0 Å². The topological polar surface area (TPSA) is 119 Å². The van der Waals surface area contributed by atoms with Crippen molar-refractivity contribution in [3.05, 3.63) is 12.2 Å². The average molecular weight is 667 g/mol. The monoisotopic (exact) mass is 667 g/mol. The van der Waals surface area contributed by atoms with Gasteiger partial charge in [-0.1, -0.05) is 6.58 Å². The molecule has 0 bridgehead atoms. The molecule has 0 aliphatic rings. The van der Waals surface area contributed by atoms with E-state index in [4.69, 9.17) is 4.55 Å². The first-order valence-corrected chi connectivity index (χ1v) is 11.1. The van der Waals surface area contributed by atoms with Crippen molar-refractivity contribution in [1.29, 1.82) is 0 Å². The summed E-state index contributed by atoms with van der Waals surface area (Å²) in [5.74, 6) is -18.5. The molecule has 1 unspecified atom stereocenters. The van der Waals surface area contributed by atoms with Gasteiger partial charge in [0, 0.05) is 6.42 Å². The third-order valence-electron chi connectivity index (χ3n) is 4.37. The summed E-state index contributed by atoms with van der Waals surface area (Å²) in [5.41, 5.74) is -2.90. The lowest BCUT2D eigenvalue weighted by Gasteiger charge is -2.35. The number of nitrogens with one attached hydrogen (secondary N) is 1. The number of rotatable bonds is 12. The van der Waals surface area contributed by atoms with Crippen molar-refractivity contribution >= 4 is 22.0 Å². The van der Waals surface area contributed by atoms with E-state index in [1.165, 1.54) is 0 Å². The Balaban J connectivity index is 6.38. The Morgan fingerprint density at radius 2 is 1.24 bits per heavy atom. The summed E-state index contributed by atoms with van der Waals surface area (Å²) in [6, 6.07) is -5.18. The number of amides is 1. The fourth-order valence-electron chi connectivity index (χ4n) is 2.29. The maximum absolute atomic E-state index is 13.7. The third kappa shape index (κ3) is 9.21. The number of carbonyl (C=O) groups excluding carboxylic acids is 2. The van der Waals surface area contributed by atoms with E-state index in [-0.39, 0.29) is 5.32 Å². The zero-order valence-electron chi connectivity index (χ0n) is 19.0. The second-order valence-corrected chi connectivity index (χ2v) is 8.93. The Morgan fingerprint density at radius 1 is 0.805 bits per heavy atom. The lowest BCUT2D eigenvalue weighted by molar-refractivity contribution is -0.350. The van der Waals surface area contributed by atoms with Crippen molar-refractivity contribution in [2.45, 2.75) is 67.0 Å². The molecule has 0 aliphatic heterocycles. The van der Waals surface area contributed by atoms with Gasteiger partial charge in [-0.15, -0.1) is 0 Å². The Labute approximate surface area is 216 Å². The summed E-state index contributed by atoms with van der Waals surface area (Å²) in [4.78, 5) is 23.6. The number of hydrogen-bond donors (Lipinski definition) is 2. The van der Waals surface area contributed by atoms with Crippen molar-refractivity contribution < 1.29 is 102 Å². The van der Waals surface area contributed by atoms with E-state index in [1.54, 1.807) is 0 Å². The van der Waals surface area contributed by atoms with Crippen molar-refractivity contribution in [3.63, 3.8) is 0 Å². The number of carbonyl (C=O) groups is 2. The van der Waals surface area contributed by atoms with Gasteiger partial charge in [0.15, 0.2) is 0 Å². The molecule has 1 amide bonds. The van der Waals surface area contributed by atoms with Gasteiger partial charge in [-0.05, 0) is 12.8 Å². The molecule has 0 aromatic heterocycles. The molecular formula is C16H13F16NO7S. The number of alkyl halides is 16. The van der Waals surface area contributed by atoms with Gasteiger partial charge in [0.2, 0.25) is 6.04 Å². The first-order chi connectivity index (χ1) is 17.8. The van der Waals surface area contributed by atoms with Gasteiger partial charge in [-0.25, -0.2) is 4.79 Å². The molecule has 0 aromatic rings. The summed E-state index contributed by atoms with van der Waals surface area (Å²) >= 11 is 0. The molecule has 0 aliphatic carbocycles. The minimum absolute atomic E-state index is 0.307. The number of unbranched alkanes of at least 4 members (excludes halogenated alkanes) is 1. The molecule has 0 aromatic carbocycles. The normalized spacial score (nSPS) is 15.9. The highest BCUT2D eigenvalue weighted by atomic mass is 32.2. The van der Waals surface area contributed by atoms with Gasteiger partial charge < -0.3 is 14.8 Å². The lowest BCUT2D eigenvalue weighted by atomic mass is 10.1. The highest BCUT2D eigenvalue weighted by molar-refractivity contribution is 7.87. The molecule has 8 nitrogen and oxygen atoms in total. The second kappa shape index (κ2) is 12.0. The zero-order valence-corrected chi connectivity index (χ0v) is 19.8. The van der Waals surface area contributed by atoms with Gasteiger partial charge >= 0.3 is 63.7 Å². The van der Waals surface area contributed by atoms with Crippen LogP contribution in [0.25, 0.3) is 0 Å². The number of halogens is 16. The van der Waals surface area contributed by atoms with Crippen LogP contribution < -0.4 is 5.32 Å². The second-order valence-electron chi connectivity index (χ2n) is 7.47. The molecule has 2 N–H and O–H groups in total. The fourth-order valence-corrected chi connectivity index (χ4v) is 2.77. The van der Waals surface area contributed by atoms with Crippen molar-refractivity contribution in [2.24, 2.45) is 0 Å². The van der Waals surface area contributed by atoms with Gasteiger partial charge in [0.05, 0.1) is 6.61 Å². The molecule has 0 spiro atoms. The quantitative estimate of drug-likeness (QED) is 0.0766. The molecule has 0 saturated carbocycles. The van der Waals surface area contributed by atoms with Gasteiger partial charge in [-0.3, -0.25) is 9.35 Å². The summed E-state index contributed by atoms with van der Waals surface area (Å²) in [6.45, 7) is -0.128. The molecule has 1 atom stereocenters. The summed E-state index contributed by atoms with van der Waals surface area (Å²) < 4.78 is 244. The highest BCUT2D eigenvalue weighted by Gasteiger charge is 2.69. The van der Waals surface area contributed by atoms with Crippen LogP contribution in [0.3, 0.4) is 0 Å². The minimum Gasteiger partial charge on any atom is -0.412 e. The van der Waals surface area contributed by atoms with E-state index in [2.05, 4.69) is 9.47 Å². The summed E-state index contributed by atoms with van der Waals surface area (Å²) in [5, 5.41) is -6.49. The molecule has 0 saturated heterocycles. The summed E-state index contributed by atoms with van der Waals surface area (Å²) in [7, 11) is -6.78. The van der Waals surface area contributed by atoms with Crippen molar-refractivity contribution in [3.8, 4) is 0 Å². The minimum atomic E-state index is -6.83. The molecule has 242 valence electrons. The van der Waals surface area contributed by atoms with Crippen LogP contribution in [0.1, 0.15) is 19.3 Å². The van der Waals surface area contributed by atoms with Crippen molar-refractivity contribution in [1.82, 2.24) is 5.32 Å². The van der Waals surface area contributed by atoms with E-state index in [0.29, 0.717) is 0 Å². The Kier molecular flexibility index (Phi) is 11.2. The third-order valence-corrected chi connectivity index (χ3v) is 5.31. The molecular weight excluding hydrogens is 654 g/mol. The highest BCUT2D eigenvalue weighted by Crippen LogP contribution is 2.43. The zero-order chi connectivity index (χ0) is 33.3. The largest absolute Gasteiger partial charge is 0.466 e. The molecule has 0 rings (SSSR count). The van der Waals surface area contributed by atoms with E-state index >= 15 is 0 Å². The average Bonchev–Trinajstić information content (AvgIpc) is 2.71. The smallest absolute Gasteiger partial charge is 0.412 e. The first-order valence-electron chi connectivity index (χ1n) is 9.63. The van der Waals surface area contributed by atoms with Crippen LogP contribution in [-0.2, 0) is 29.2 Å². The molecule has 41 heavy (non-hydrogen) atoms. The Hall–Kier alpha value is -2.57. The number of hydrogen-bond acceptors (Lipinski definition) is 6. The van der Waals surface area contributed by atoms with Gasteiger partial charge in [0.1, 0.15) is 5.57 Å². The van der Waals surface area contributed by atoms with Crippen LogP contribution in [0.4, 0.5) is 70.2 Å². The summed E-state index contributed by atoms with van der Waals surface area (Å²) in [6.07, 6.45) is -31.5. The maximum Gasteiger partial charge on any atom is 0.466 e. The fraction of sp³-hybridized carbons (Fsp3) is 0.750. The van der Waals surface area contributed by atoms with Crippen LogP contribution >= 0.6 is 0 Å². The van der Waals surface area contributed by atoms with E-state index in [0.717, 1.165) is 0 Å². The van der Waals surface area contributed by atoms with Crippen LogP contribution in [0.15, 0.2) is 12.2 Å². The van der Waals surface area contributed by atoms with Gasteiger partial charge in [0.25, 0.3) is 0 Å². The Bertz CT molecular complexity index is 1060. The van der Waals surface area contributed by atoms with Crippen LogP contribution in [0.5, 0.6) is 0 Å². The standard InChI is InChI=1S/C16H13F16NO7S/c1-6(12(19,20)21)7(34)40-11(15(28,29)30,9(35)33-8(13(22,23)24)14(25,26)27)39-5-3-2-4-10(17,18)16(31,32)41(36,37)38/h8H,1-5H2,(H,33,35)(H,36,37,38). The molecule has 0 fully saturated rings. The first kappa shape index (κ1) is 38.4. The maximum atomic E-state index is 13.7. The van der Waals surface area contributed by atoms with Crippen molar-refractivity contribution in [2.75, 3.05) is 6.61 Å². The number of esters is 1. The van der Waals surface area contributed by atoms with Crippen LogP contribution in [-0.4, -0.2) is 79.2 Å². The predicted octanol–water partition coefficient (Wildman–Crippen LogP) is 4.82. The molecule has 0 heterocycles. The lowest BCUT2D eigenvalue weighted by Crippen LogP contribution is -2.66. The van der Waals surface area contributed by atoms with Gasteiger partial charge in [-0.2, -0.15) is 78.7 Å². The predicted molar refractivity (Wildman–Crippen MR) is 95.4 cm³/mol. The van der Waals surface area contributed by atoms with Crippen LogP contribution in [0.2, 0.25) is 0 Å². The Morgan fingerprint density at radius 3 is 1.59 bits per heavy atom. The molecule has 25 heteroatoms. The SMILES string of the molecule is C=C(C(=O)OC(OCCCCC(F)(F)C(F)(F)S(=O)(=O)O)(C(=O)NC(C(F)(F)F)C(F)(F)F)C(F)(F)F)C(F)(F)F. The van der Waals surface area contributed by atoms with E-state index in [1.807, 2.05) is 6.58 Å². The van der Waals surface area contributed by atoms with E-state index < -0.39 is 101 Å². The molecule has 0 radical (unpaired) electrons. The van der Waals surface area contributed by atoms with E-state index in [9.17, 15) is 88.3 Å².